The normalized spacial score (nSPS) is 14.0. The van der Waals surface area contributed by atoms with Crippen LogP contribution >= 0.6 is 10.7 Å². The lowest BCUT2D eigenvalue weighted by atomic mass is 10.2. The minimum absolute atomic E-state index is 0.0225. The molecule has 0 bridgehead atoms. The van der Waals surface area contributed by atoms with E-state index in [1.54, 1.807) is 6.92 Å². The lowest BCUT2D eigenvalue weighted by Crippen LogP contribution is -2.18. The summed E-state index contributed by atoms with van der Waals surface area (Å²) in [6, 6.07) is 2.49. The Bertz CT molecular complexity index is 610. The molecule has 104 valence electrons. The smallest absolute Gasteiger partial charge is 0.338 e. The van der Waals surface area contributed by atoms with Crippen LogP contribution in [0.4, 0.5) is 0 Å². The molecule has 0 saturated carbocycles. The summed E-state index contributed by atoms with van der Waals surface area (Å²) in [6.07, 6.45) is 0. The van der Waals surface area contributed by atoms with Gasteiger partial charge in [-0.2, -0.15) is 0 Å². The third kappa shape index (κ3) is 2.93. The maximum Gasteiger partial charge on any atom is 0.338 e. The highest BCUT2D eigenvalue weighted by atomic mass is 35.7. The minimum atomic E-state index is -4.06. The number of benzene rings is 1. The predicted octanol–water partition coefficient (Wildman–Crippen LogP) is 1.56. The molecule has 0 saturated heterocycles. The Morgan fingerprint density at radius 3 is 2.68 bits per heavy atom. The van der Waals surface area contributed by atoms with Crippen molar-refractivity contribution in [2.24, 2.45) is 0 Å². The number of rotatable bonds is 3. The van der Waals surface area contributed by atoms with Crippen LogP contribution in [-0.2, 0) is 13.8 Å². The SMILES string of the molecule is CCOC(=O)c1cc2c(c(S(=O)(=O)Cl)c1)OCCO2. The van der Waals surface area contributed by atoms with Crippen molar-refractivity contribution in [2.45, 2.75) is 11.8 Å². The molecule has 1 heterocycles. The monoisotopic (exact) mass is 306 g/mol. The molecule has 0 fully saturated rings. The molecule has 1 aromatic rings. The number of carbonyl (C=O) groups is 1. The molecule has 0 aromatic heterocycles. The van der Waals surface area contributed by atoms with Crippen LogP contribution < -0.4 is 9.47 Å². The highest BCUT2D eigenvalue weighted by Crippen LogP contribution is 2.39. The van der Waals surface area contributed by atoms with Crippen LogP contribution in [0.15, 0.2) is 17.0 Å². The van der Waals surface area contributed by atoms with Crippen LogP contribution in [0.5, 0.6) is 11.5 Å². The Labute approximate surface area is 114 Å². The molecule has 6 nitrogen and oxygen atoms in total. The molecule has 0 spiro atoms. The van der Waals surface area contributed by atoms with Gasteiger partial charge in [-0.1, -0.05) is 0 Å². The van der Waals surface area contributed by atoms with Gasteiger partial charge >= 0.3 is 5.97 Å². The van der Waals surface area contributed by atoms with E-state index in [0.29, 0.717) is 0 Å². The van der Waals surface area contributed by atoms with Crippen LogP contribution in [0.25, 0.3) is 0 Å². The average molecular weight is 307 g/mol. The summed E-state index contributed by atoms with van der Waals surface area (Å²) in [7, 11) is 1.28. The number of hydrogen-bond acceptors (Lipinski definition) is 6. The summed E-state index contributed by atoms with van der Waals surface area (Å²) < 4.78 is 38.4. The number of hydrogen-bond donors (Lipinski definition) is 0. The summed E-state index contributed by atoms with van der Waals surface area (Å²) in [4.78, 5) is 11.4. The zero-order valence-corrected chi connectivity index (χ0v) is 11.6. The maximum atomic E-state index is 11.7. The molecule has 0 aliphatic carbocycles. The molecular formula is C11H11ClO6S. The number of carbonyl (C=O) groups excluding carboxylic acids is 1. The molecule has 0 radical (unpaired) electrons. The van der Waals surface area contributed by atoms with Crippen molar-refractivity contribution in [3.8, 4) is 11.5 Å². The van der Waals surface area contributed by atoms with Gasteiger partial charge in [0.2, 0.25) is 0 Å². The third-order valence-corrected chi connectivity index (χ3v) is 3.71. The molecule has 0 atom stereocenters. The summed E-state index contributed by atoms with van der Waals surface area (Å²) >= 11 is 0. The largest absolute Gasteiger partial charge is 0.486 e. The number of halogens is 1. The van der Waals surface area contributed by atoms with Gasteiger partial charge in [0.15, 0.2) is 11.5 Å². The topological polar surface area (TPSA) is 78.9 Å². The van der Waals surface area contributed by atoms with Crippen LogP contribution in [0.1, 0.15) is 17.3 Å². The number of ether oxygens (including phenoxy) is 3. The molecule has 1 aliphatic rings. The summed E-state index contributed by atoms with van der Waals surface area (Å²) in [5.41, 5.74) is 0.0466. The van der Waals surface area contributed by atoms with E-state index in [9.17, 15) is 13.2 Å². The Balaban J connectivity index is 2.58. The van der Waals surface area contributed by atoms with Gasteiger partial charge < -0.3 is 14.2 Å². The lowest BCUT2D eigenvalue weighted by Gasteiger charge is -2.20. The van der Waals surface area contributed by atoms with Crippen molar-refractivity contribution < 1.29 is 27.4 Å². The molecule has 1 aliphatic heterocycles. The van der Waals surface area contributed by atoms with Crippen molar-refractivity contribution >= 4 is 25.7 Å². The zero-order valence-electron chi connectivity index (χ0n) is 10.0. The molecule has 2 rings (SSSR count). The first-order valence-corrected chi connectivity index (χ1v) is 7.80. The molecular weight excluding hydrogens is 296 g/mol. The van der Waals surface area contributed by atoms with Gasteiger partial charge in [-0.05, 0) is 19.1 Å². The first-order chi connectivity index (χ1) is 8.93. The molecule has 0 unspecified atom stereocenters. The van der Waals surface area contributed by atoms with Crippen LogP contribution in [-0.4, -0.2) is 34.2 Å². The quantitative estimate of drug-likeness (QED) is 0.623. The Hall–Kier alpha value is -1.47. The van der Waals surface area contributed by atoms with E-state index in [1.807, 2.05) is 0 Å². The van der Waals surface area contributed by atoms with E-state index in [0.717, 1.165) is 6.07 Å². The van der Waals surface area contributed by atoms with Gasteiger partial charge in [0.25, 0.3) is 9.05 Å². The highest BCUT2D eigenvalue weighted by Gasteiger charge is 2.27. The van der Waals surface area contributed by atoms with Crippen molar-refractivity contribution in [3.05, 3.63) is 17.7 Å². The molecule has 0 N–H and O–H groups in total. The molecule has 19 heavy (non-hydrogen) atoms. The van der Waals surface area contributed by atoms with Gasteiger partial charge in [0.05, 0.1) is 12.2 Å². The second-order valence-electron chi connectivity index (χ2n) is 3.66. The predicted molar refractivity (Wildman–Crippen MR) is 66.4 cm³/mol. The van der Waals surface area contributed by atoms with E-state index in [2.05, 4.69) is 0 Å². The van der Waals surface area contributed by atoms with Gasteiger partial charge in [-0.25, -0.2) is 13.2 Å². The molecule has 1 aromatic carbocycles. The zero-order chi connectivity index (χ0) is 14.0. The van der Waals surface area contributed by atoms with Gasteiger partial charge in [-0.3, -0.25) is 0 Å². The Morgan fingerprint density at radius 1 is 1.37 bits per heavy atom. The average Bonchev–Trinajstić information content (AvgIpc) is 2.36. The first kappa shape index (κ1) is 14.0. The molecule has 0 amide bonds. The first-order valence-electron chi connectivity index (χ1n) is 5.49. The second kappa shape index (κ2) is 5.26. The Kier molecular flexibility index (Phi) is 3.86. The summed E-state index contributed by atoms with van der Waals surface area (Å²) in [5.74, 6) is -0.466. The Morgan fingerprint density at radius 2 is 2.05 bits per heavy atom. The van der Waals surface area contributed by atoms with Crippen LogP contribution in [0, 0.1) is 0 Å². The highest BCUT2D eigenvalue weighted by molar-refractivity contribution is 8.13. The van der Waals surface area contributed by atoms with Gasteiger partial charge in [0.1, 0.15) is 18.1 Å². The van der Waals surface area contributed by atoms with Gasteiger partial charge in [-0.15, -0.1) is 0 Å². The number of esters is 1. The van der Waals surface area contributed by atoms with Crippen LogP contribution in [0.3, 0.4) is 0 Å². The van der Waals surface area contributed by atoms with Crippen molar-refractivity contribution in [1.29, 1.82) is 0 Å². The van der Waals surface area contributed by atoms with Crippen molar-refractivity contribution in [2.75, 3.05) is 19.8 Å². The standard InChI is InChI=1S/C11H11ClO6S/c1-2-16-11(13)7-5-8-10(18-4-3-17-8)9(6-7)19(12,14)15/h5-6H,2-4H2,1H3. The summed E-state index contributed by atoms with van der Waals surface area (Å²) in [5, 5.41) is 0. The van der Waals surface area contributed by atoms with Crippen molar-refractivity contribution in [3.63, 3.8) is 0 Å². The van der Waals surface area contributed by atoms with E-state index < -0.39 is 15.0 Å². The fourth-order valence-corrected chi connectivity index (χ4v) is 2.63. The van der Waals surface area contributed by atoms with E-state index in [1.165, 1.54) is 6.07 Å². The second-order valence-corrected chi connectivity index (χ2v) is 6.19. The third-order valence-electron chi connectivity index (χ3n) is 2.38. The van der Waals surface area contributed by atoms with E-state index >= 15 is 0 Å². The van der Waals surface area contributed by atoms with Crippen molar-refractivity contribution in [1.82, 2.24) is 0 Å². The fraction of sp³-hybridized carbons (Fsp3) is 0.364. The fourth-order valence-electron chi connectivity index (χ4n) is 1.63. The van der Waals surface area contributed by atoms with Gasteiger partial charge in [0, 0.05) is 10.7 Å². The number of fused-ring (bicyclic) bond motifs is 1. The molecule has 8 heteroatoms. The maximum absolute atomic E-state index is 11.7. The summed E-state index contributed by atoms with van der Waals surface area (Å²) in [6.45, 7) is 2.30. The lowest BCUT2D eigenvalue weighted by molar-refractivity contribution is 0.0525. The van der Waals surface area contributed by atoms with E-state index in [-0.39, 0.29) is 41.8 Å². The van der Waals surface area contributed by atoms with E-state index in [4.69, 9.17) is 24.9 Å². The van der Waals surface area contributed by atoms with Crippen LogP contribution in [0.2, 0.25) is 0 Å². The minimum Gasteiger partial charge on any atom is -0.486 e.